The molecule has 0 aromatic heterocycles. The van der Waals surface area contributed by atoms with E-state index < -0.39 is 167 Å². The van der Waals surface area contributed by atoms with Gasteiger partial charge >= 0.3 is 31.7 Å². The van der Waals surface area contributed by atoms with Crippen LogP contribution in [-0.2, 0) is 75.8 Å². The predicted octanol–water partition coefficient (Wildman–Crippen LogP) is 21.6. The second-order valence-electron chi connectivity index (χ2n) is 36.4. The second kappa shape index (κ2) is 78.5. The quantitative estimate of drug-likeness (QED) is 0.00898. The molecule has 0 saturated carbocycles. The summed E-state index contributed by atoms with van der Waals surface area (Å²) in [5.74, 6) is -5.74. The van der Waals surface area contributed by atoms with E-state index in [1.165, 1.54) is 96.3 Å². The summed E-state index contributed by atoms with van der Waals surface area (Å²) in [5, 5.41) is 55.2. The molecule has 0 radical (unpaired) electrons. The van der Waals surface area contributed by atoms with Crippen LogP contribution in [0.3, 0.4) is 0 Å². The second-order valence-corrected chi connectivity index (χ2v) is 37.6. The van der Waals surface area contributed by atoms with Gasteiger partial charge in [-0.2, -0.15) is 0 Å². The average Bonchev–Trinajstić information content (AvgIpc) is 0.771. The molecule has 2 heterocycles. The van der Waals surface area contributed by atoms with Gasteiger partial charge in [0.1, 0.15) is 42.6 Å². The Bertz CT molecular complexity index is 2730. The van der Waals surface area contributed by atoms with Crippen LogP contribution in [0.5, 0.6) is 0 Å². The number of carbonyl (C=O) groups excluding carboxylic acids is 7. The lowest BCUT2D eigenvalue weighted by atomic mass is 9.94. The Kier molecular flexibility index (Phi) is 73.4. The Labute approximate surface area is 757 Å². The number of aliphatic hydroxyl groups is 4. The number of nitrogens with one attached hydrogen (secondary N) is 3. The summed E-state index contributed by atoms with van der Waals surface area (Å²) in [6, 6.07) is -3.59. The Balaban J connectivity index is 2.88. The molecule has 2 saturated heterocycles. The minimum atomic E-state index is -5.76. The molecule has 3 amide bonds. The molecule has 0 aromatic carbocycles. The third kappa shape index (κ3) is 62.0. The fraction of sp³-hybridized carbons (Fsp3) is 0.909. The molecule has 25 nitrogen and oxygen atoms in total. The highest BCUT2D eigenvalue weighted by atomic mass is 31.2. The third-order valence-corrected chi connectivity index (χ3v) is 25.0. The van der Waals surface area contributed by atoms with E-state index in [0.29, 0.717) is 57.8 Å². The molecule has 1 unspecified atom stereocenters. The van der Waals surface area contributed by atoms with Gasteiger partial charge in [0.25, 0.3) is 5.91 Å². The number of phosphoric acid groups is 1. The zero-order valence-corrected chi connectivity index (χ0v) is 80.4. The van der Waals surface area contributed by atoms with E-state index in [-0.39, 0.29) is 38.6 Å². The van der Waals surface area contributed by atoms with Crippen molar-refractivity contribution >= 4 is 49.4 Å². The maximum atomic E-state index is 15.3. The Morgan fingerprint density at radius 3 is 1.12 bits per heavy atom. The molecule has 2 aliphatic rings. The van der Waals surface area contributed by atoms with Crippen LogP contribution >= 0.6 is 7.82 Å². The molecule has 0 bridgehead atoms. The summed E-state index contributed by atoms with van der Waals surface area (Å²) in [6.07, 6.45) is 38.5. The van der Waals surface area contributed by atoms with Crippen LogP contribution in [-0.4, -0.2) is 171 Å². The summed E-state index contributed by atoms with van der Waals surface area (Å²) in [4.78, 5) is 123. The topological polar surface area (TPSA) is 368 Å². The molecule has 2 aliphatic heterocycles. The van der Waals surface area contributed by atoms with E-state index in [1.807, 2.05) is 0 Å². The number of ether oxygens (including phenoxy) is 7. The molecule has 14 atom stereocenters. The summed E-state index contributed by atoms with van der Waals surface area (Å²) in [5.41, 5.74) is 0. The van der Waals surface area contributed by atoms with E-state index in [9.17, 15) is 58.8 Å². The van der Waals surface area contributed by atoms with Crippen LogP contribution in [0.15, 0.2) is 12.7 Å². The monoisotopic (exact) mass is 1800 g/mol. The Morgan fingerprint density at radius 2 is 0.728 bits per heavy atom. The van der Waals surface area contributed by atoms with Crippen LogP contribution < -0.4 is 16.0 Å². The number of phosphoric ester groups is 1. The normalized spacial score (nSPS) is 20.0. The number of carbonyl (C=O) groups is 7. The lowest BCUT2D eigenvalue weighted by Gasteiger charge is -2.46. The lowest BCUT2D eigenvalue weighted by molar-refractivity contribution is -0.293. The maximum absolute atomic E-state index is 15.3. The van der Waals surface area contributed by atoms with Crippen LogP contribution in [0.1, 0.15) is 478 Å². The molecular formula is C99H184N3O22P. The predicted molar refractivity (Wildman–Crippen MR) is 495 cm³/mol. The molecule has 2 fully saturated rings. The highest BCUT2D eigenvalue weighted by Crippen LogP contribution is 2.43. The minimum Gasteiger partial charge on any atom is -0.462 e. The van der Waals surface area contributed by atoms with Crippen molar-refractivity contribution in [1.29, 1.82) is 0 Å². The highest BCUT2D eigenvalue weighted by Gasteiger charge is 2.56. The van der Waals surface area contributed by atoms with Gasteiger partial charge in [0.15, 0.2) is 30.9 Å². The van der Waals surface area contributed by atoms with Crippen molar-refractivity contribution in [1.82, 2.24) is 16.0 Å². The van der Waals surface area contributed by atoms with Crippen molar-refractivity contribution in [2.24, 2.45) is 0 Å². The summed E-state index contributed by atoms with van der Waals surface area (Å²) >= 11 is 0. The molecule has 9 N–H and O–H groups in total. The molecular weight excluding hydrogens is 1610 g/mol. The van der Waals surface area contributed by atoms with E-state index >= 15 is 9.59 Å². The van der Waals surface area contributed by atoms with Crippen LogP contribution in [0.4, 0.5) is 0 Å². The first-order valence-corrected chi connectivity index (χ1v) is 52.7. The van der Waals surface area contributed by atoms with Gasteiger partial charge in [-0.3, -0.25) is 38.1 Å². The first-order valence-electron chi connectivity index (χ1n) is 51.2. The van der Waals surface area contributed by atoms with Crippen molar-refractivity contribution in [2.45, 2.75) is 564 Å². The van der Waals surface area contributed by atoms with Crippen LogP contribution in [0, 0.1) is 0 Å². The Morgan fingerprint density at radius 1 is 0.392 bits per heavy atom. The Hall–Kier alpha value is -4.14. The minimum absolute atomic E-state index is 0.0286. The van der Waals surface area contributed by atoms with Gasteiger partial charge in [0.05, 0.1) is 44.5 Å². The van der Waals surface area contributed by atoms with Gasteiger partial charge in [0, 0.05) is 19.4 Å². The van der Waals surface area contributed by atoms with Gasteiger partial charge in [-0.1, -0.05) is 382 Å². The van der Waals surface area contributed by atoms with Crippen molar-refractivity contribution in [3.05, 3.63) is 12.7 Å². The molecule has 2 rings (SSSR count). The van der Waals surface area contributed by atoms with Gasteiger partial charge in [-0.05, 0) is 64.2 Å². The number of rotatable bonds is 86. The SMILES string of the molecule is C=CCCCNC(=O)[C@H]1O[C@@H](OC[C@H]2OC(O)[C@H](NC(=O)C[C@H](O)CCCCCCCCCCC)[C@@H](OC(=O)C[C@H](O)CCCCCCCCCCC)[C@@H]2O)[C@H](NC(=O)C[C@@H](CCCCCCCCCCC)OC(=O)CCCCCCCCCCC)[C@@H](OC(=O)C[C@@H](CCCCCCCCCCC)OC(=O)CCCCCCCCCCCCC)[C@@H]1OP(=O)(O)O. The third-order valence-electron chi connectivity index (χ3n) is 24.5. The van der Waals surface area contributed by atoms with Crippen molar-refractivity contribution in [2.75, 3.05) is 13.2 Å². The maximum Gasteiger partial charge on any atom is 0.470 e. The summed E-state index contributed by atoms with van der Waals surface area (Å²) < 4.78 is 62.9. The fourth-order valence-electron chi connectivity index (χ4n) is 16.9. The number of esters is 4. The molecule has 125 heavy (non-hydrogen) atoms. The number of aliphatic hydroxyl groups excluding tert-OH is 4. The number of hydrogen-bond donors (Lipinski definition) is 9. The van der Waals surface area contributed by atoms with E-state index in [1.54, 1.807) is 6.08 Å². The average molecular weight is 1800 g/mol. The molecule has 0 spiro atoms. The van der Waals surface area contributed by atoms with Gasteiger partial charge < -0.3 is 79.3 Å². The lowest BCUT2D eigenvalue weighted by Crippen LogP contribution is -2.69. The summed E-state index contributed by atoms with van der Waals surface area (Å²) in [6.45, 7) is 16.0. The van der Waals surface area contributed by atoms with Crippen molar-refractivity contribution in [3.8, 4) is 0 Å². The van der Waals surface area contributed by atoms with Gasteiger partial charge in [-0.15, -0.1) is 6.58 Å². The fourth-order valence-corrected chi connectivity index (χ4v) is 17.5. The van der Waals surface area contributed by atoms with Gasteiger partial charge in [0.2, 0.25) is 11.8 Å². The first kappa shape index (κ1) is 117. The smallest absolute Gasteiger partial charge is 0.462 e. The zero-order valence-electron chi connectivity index (χ0n) is 79.5. The first-order chi connectivity index (χ1) is 60.5. The molecule has 732 valence electrons. The number of unbranched alkanes of at least 4 members (excludes halogenated alkanes) is 51. The largest absolute Gasteiger partial charge is 0.470 e. The summed E-state index contributed by atoms with van der Waals surface area (Å²) in [7, 11) is -5.76. The van der Waals surface area contributed by atoms with E-state index in [4.69, 9.17) is 37.7 Å². The van der Waals surface area contributed by atoms with Crippen molar-refractivity contribution < 1.29 is 106 Å². The standard InChI is InChI=1S/C99H184N3O22P/c1-8-15-22-28-34-40-41-47-53-59-65-72-87(108)119-82(70-63-57-51-45-38-32-26-19-12-5)77-89(110)122-94-91(102-85(106)76-81(69-62-56-50-44-37-31-25-18-11-4)118-86(107)71-64-58-52-46-39-33-27-20-13-6)99(123-96(95(94)124-125(114,115)116)97(112)100-73-66-21-14-7)117-78-83-92(111)93(121-88(109)75-80(104)68-61-55-49-43-36-30-24-17-10-3)90(98(113)120-83)101-84(105)74-79(103)67-60-54-48-42-35-29-23-16-9-2/h14,79-83,90-96,98-99,103-104,111,113H,7-13,15-78H2,1-6H3,(H,100,112)(H,101,105)(H,102,106)(H2,114,115,116)/t79-,80-,81-,82-,83-,90-,91-,92-,93-,94-,95+,96+,98?,99-/m1/s1. The van der Waals surface area contributed by atoms with Crippen molar-refractivity contribution in [3.63, 3.8) is 0 Å². The molecule has 0 aromatic rings. The van der Waals surface area contributed by atoms with E-state index in [0.717, 1.165) is 225 Å². The highest BCUT2D eigenvalue weighted by molar-refractivity contribution is 7.46. The van der Waals surface area contributed by atoms with Crippen LogP contribution in [0.25, 0.3) is 0 Å². The number of amides is 3. The molecule has 26 heteroatoms. The molecule has 0 aliphatic carbocycles. The zero-order chi connectivity index (χ0) is 91.6. The van der Waals surface area contributed by atoms with Gasteiger partial charge in [-0.25, -0.2) is 4.57 Å². The number of allylic oxidation sites excluding steroid dienone is 1. The van der Waals surface area contributed by atoms with E-state index in [2.05, 4.69) is 64.1 Å². The number of hydrogen-bond acceptors (Lipinski definition) is 20. The van der Waals surface area contributed by atoms with Crippen LogP contribution in [0.2, 0.25) is 0 Å².